The lowest BCUT2D eigenvalue weighted by Crippen LogP contribution is -2.14. The Morgan fingerprint density at radius 3 is 2.96 bits per heavy atom. The molecule has 0 unspecified atom stereocenters. The molecule has 0 bridgehead atoms. The molecule has 1 aromatic carbocycles. The summed E-state index contributed by atoms with van der Waals surface area (Å²) in [6, 6.07) is 12.7. The van der Waals surface area contributed by atoms with Crippen LogP contribution in [0.15, 0.2) is 59.4 Å². The van der Waals surface area contributed by atoms with E-state index in [1.165, 1.54) is 0 Å². The third kappa shape index (κ3) is 3.74. The number of anilines is 1. The van der Waals surface area contributed by atoms with E-state index in [0.29, 0.717) is 17.1 Å². The average Bonchev–Trinajstić information content (AvgIpc) is 3.04. The number of hydrogen-bond donors (Lipinski definition) is 1. The van der Waals surface area contributed by atoms with E-state index in [1.54, 1.807) is 37.7 Å². The fraction of sp³-hybridized carbons (Fsp3) is 0.118. The molecule has 116 valence electrons. The second-order valence-corrected chi connectivity index (χ2v) is 4.88. The Bertz CT molecular complexity index is 800. The quantitative estimate of drug-likeness (QED) is 0.784. The van der Waals surface area contributed by atoms with Gasteiger partial charge in [0.15, 0.2) is 5.76 Å². The van der Waals surface area contributed by atoms with E-state index in [0.717, 1.165) is 11.3 Å². The molecule has 0 aliphatic carbocycles. The average molecular weight is 309 g/mol. The lowest BCUT2D eigenvalue weighted by atomic mass is 10.1. The molecular weight excluding hydrogens is 294 g/mol. The van der Waals surface area contributed by atoms with Gasteiger partial charge in [0.2, 0.25) is 5.91 Å². The van der Waals surface area contributed by atoms with Crippen molar-refractivity contribution >= 4 is 11.6 Å². The van der Waals surface area contributed by atoms with Crippen LogP contribution in [0.25, 0.3) is 11.3 Å². The first-order valence-electron chi connectivity index (χ1n) is 7.04. The van der Waals surface area contributed by atoms with Crippen LogP contribution in [0.5, 0.6) is 5.75 Å². The van der Waals surface area contributed by atoms with Crippen LogP contribution in [0.2, 0.25) is 0 Å². The van der Waals surface area contributed by atoms with Gasteiger partial charge in [-0.2, -0.15) is 0 Å². The van der Waals surface area contributed by atoms with Gasteiger partial charge in [-0.3, -0.25) is 9.78 Å². The van der Waals surface area contributed by atoms with Crippen LogP contribution < -0.4 is 10.1 Å². The third-order valence-electron chi connectivity index (χ3n) is 3.20. The van der Waals surface area contributed by atoms with Gasteiger partial charge in [-0.1, -0.05) is 17.3 Å². The van der Waals surface area contributed by atoms with Crippen molar-refractivity contribution < 1.29 is 14.1 Å². The summed E-state index contributed by atoms with van der Waals surface area (Å²) in [7, 11) is 1.60. The highest BCUT2D eigenvalue weighted by atomic mass is 16.5. The Balaban J connectivity index is 1.68. The maximum absolute atomic E-state index is 12.0. The van der Waals surface area contributed by atoms with Crippen molar-refractivity contribution in [2.75, 3.05) is 12.4 Å². The molecule has 0 radical (unpaired) electrons. The predicted molar refractivity (Wildman–Crippen MR) is 85.1 cm³/mol. The zero-order valence-electron chi connectivity index (χ0n) is 12.5. The monoisotopic (exact) mass is 309 g/mol. The van der Waals surface area contributed by atoms with Gasteiger partial charge < -0.3 is 14.6 Å². The number of pyridine rings is 1. The van der Waals surface area contributed by atoms with Gasteiger partial charge in [-0.15, -0.1) is 0 Å². The first kappa shape index (κ1) is 14.8. The molecule has 23 heavy (non-hydrogen) atoms. The molecule has 6 nitrogen and oxygen atoms in total. The minimum Gasteiger partial charge on any atom is -0.497 e. The van der Waals surface area contributed by atoms with E-state index in [4.69, 9.17) is 9.26 Å². The topological polar surface area (TPSA) is 77.2 Å². The van der Waals surface area contributed by atoms with E-state index in [9.17, 15) is 4.79 Å². The van der Waals surface area contributed by atoms with Crippen molar-refractivity contribution in [3.63, 3.8) is 0 Å². The molecule has 3 rings (SSSR count). The summed E-state index contributed by atoms with van der Waals surface area (Å²) in [4.78, 5) is 15.9. The number of aromatic nitrogens is 2. The molecule has 1 N–H and O–H groups in total. The second kappa shape index (κ2) is 6.74. The smallest absolute Gasteiger partial charge is 0.230 e. The van der Waals surface area contributed by atoms with Gasteiger partial charge in [0.05, 0.1) is 31.1 Å². The summed E-state index contributed by atoms with van der Waals surface area (Å²) < 4.78 is 10.5. The minimum absolute atomic E-state index is 0.127. The maximum Gasteiger partial charge on any atom is 0.230 e. The molecule has 1 amide bonds. The Morgan fingerprint density at radius 2 is 2.17 bits per heavy atom. The van der Waals surface area contributed by atoms with Crippen molar-refractivity contribution in [2.45, 2.75) is 6.42 Å². The van der Waals surface area contributed by atoms with Crippen molar-refractivity contribution in [2.24, 2.45) is 0 Å². The largest absolute Gasteiger partial charge is 0.497 e. The zero-order chi connectivity index (χ0) is 16.1. The van der Waals surface area contributed by atoms with Crippen molar-refractivity contribution in [3.05, 3.63) is 60.6 Å². The van der Waals surface area contributed by atoms with E-state index in [2.05, 4.69) is 15.5 Å². The molecule has 0 saturated heterocycles. The first-order chi connectivity index (χ1) is 11.2. The van der Waals surface area contributed by atoms with E-state index in [-0.39, 0.29) is 12.3 Å². The lowest BCUT2D eigenvalue weighted by molar-refractivity contribution is -0.115. The number of hydrogen-bond acceptors (Lipinski definition) is 5. The minimum atomic E-state index is -0.177. The molecule has 0 atom stereocenters. The standard InChI is InChI=1S/C17H15N3O3/c1-22-15-6-2-4-12(8-15)16-9-14(20-23-16)10-17(21)19-13-5-3-7-18-11-13/h2-9,11H,10H2,1H3,(H,19,21). The van der Waals surface area contributed by atoms with Gasteiger partial charge in [-0.25, -0.2) is 0 Å². The Kier molecular flexibility index (Phi) is 4.33. The predicted octanol–water partition coefficient (Wildman–Crippen LogP) is 2.93. The number of nitrogens with one attached hydrogen (secondary N) is 1. The number of rotatable bonds is 5. The number of ether oxygens (including phenoxy) is 1. The van der Waals surface area contributed by atoms with Crippen LogP contribution in [0, 0.1) is 0 Å². The summed E-state index contributed by atoms with van der Waals surface area (Å²) in [5, 5.41) is 6.69. The Hall–Kier alpha value is -3.15. The summed E-state index contributed by atoms with van der Waals surface area (Å²) in [6.45, 7) is 0. The highest BCUT2D eigenvalue weighted by Crippen LogP contribution is 2.24. The Labute approximate surface area is 133 Å². The molecular formula is C17H15N3O3. The highest BCUT2D eigenvalue weighted by molar-refractivity contribution is 5.91. The van der Waals surface area contributed by atoms with Crippen LogP contribution in [0.3, 0.4) is 0 Å². The van der Waals surface area contributed by atoms with Crippen LogP contribution in [-0.4, -0.2) is 23.2 Å². The molecule has 0 spiro atoms. The molecule has 0 fully saturated rings. The van der Waals surface area contributed by atoms with E-state index >= 15 is 0 Å². The fourth-order valence-corrected chi connectivity index (χ4v) is 2.11. The van der Waals surface area contributed by atoms with Crippen LogP contribution in [-0.2, 0) is 11.2 Å². The van der Waals surface area contributed by atoms with Crippen LogP contribution >= 0.6 is 0 Å². The Morgan fingerprint density at radius 1 is 1.26 bits per heavy atom. The maximum atomic E-state index is 12.0. The third-order valence-corrected chi connectivity index (χ3v) is 3.20. The van der Waals surface area contributed by atoms with Crippen molar-refractivity contribution in [1.82, 2.24) is 10.1 Å². The number of methoxy groups -OCH3 is 1. The second-order valence-electron chi connectivity index (χ2n) is 4.88. The molecule has 2 heterocycles. The fourth-order valence-electron chi connectivity index (χ4n) is 2.11. The molecule has 3 aromatic rings. The number of carbonyl (C=O) groups is 1. The number of nitrogens with zero attached hydrogens (tertiary/aromatic N) is 2. The number of benzene rings is 1. The van der Waals surface area contributed by atoms with Gasteiger partial charge in [0.25, 0.3) is 0 Å². The summed E-state index contributed by atoms with van der Waals surface area (Å²) in [6.07, 6.45) is 3.36. The lowest BCUT2D eigenvalue weighted by Gasteiger charge is -2.02. The molecule has 0 aliphatic heterocycles. The van der Waals surface area contributed by atoms with Crippen LogP contribution in [0.4, 0.5) is 5.69 Å². The first-order valence-corrected chi connectivity index (χ1v) is 7.04. The van der Waals surface area contributed by atoms with Crippen molar-refractivity contribution in [3.8, 4) is 17.1 Å². The summed E-state index contributed by atoms with van der Waals surface area (Å²) >= 11 is 0. The summed E-state index contributed by atoms with van der Waals surface area (Å²) in [5.74, 6) is 1.14. The van der Waals surface area contributed by atoms with E-state index < -0.39 is 0 Å². The van der Waals surface area contributed by atoms with Gasteiger partial charge in [0, 0.05) is 17.8 Å². The van der Waals surface area contributed by atoms with Gasteiger partial charge >= 0.3 is 0 Å². The molecule has 0 saturated carbocycles. The van der Waals surface area contributed by atoms with Crippen molar-refractivity contribution in [1.29, 1.82) is 0 Å². The number of carbonyl (C=O) groups excluding carboxylic acids is 1. The molecule has 6 heteroatoms. The van der Waals surface area contributed by atoms with E-state index in [1.807, 2.05) is 24.3 Å². The molecule has 2 aromatic heterocycles. The molecule has 0 aliphatic rings. The highest BCUT2D eigenvalue weighted by Gasteiger charge is 2.11. The van der Waals surface area contributed by atoms with Gasteiger partial charge in [-0.05, 0) is 24.3 Å². The van der Waals surface area contributed by atoms with Gasteiger partial charge in [0.1, 0.15) is 5.75 Å². The summed E-state index contributed by atoms with van der Waals surface area (Å²) in [5.41, 5.74) is 2.05. The number of amides is 1. The van der Waals surface area contributed by atoms with Crippen LogP contribution in [0.1, 0.15) is 5.69 Å². The normalized spacial score (nSPS) is 10.3. The SMILES string of the molecule is COc1cccc(-c2cc(CC(=O)Nc3cccnc3)no2)c1. The zero-order valence-corrected chi connectivity index (χ0v) is 12.5.